The summed E-state index contributed by atoms with van der Waals surface area (Å²) in [6.45, 7) is 10.6. The van der Waals surface area contributed by atoms with Crippen LogP contribution in [-0.4, -0.2) is 24.5 Å². The first kappa shape index (κ1) is 13.6. The minimum absolute atomic E-state index is 0.180. The Hall–Kier alpha value is -0.860. The molecule has 0 amide bonds. The second kappa shape index (κ2) is 5.41. The van der Waals surface area contributed by atoms with E-state index >= 15 is 0 Å². The summed E-state index contributed by atoms with van der Waals surface area (Å²) in [5.41, 5.74) is 7.93. The van der Waals surface area contributed by atoms with Crippen molar-refractivity contribution in [2.75, 3.05) is 19.6 Å². The lowest BCUT2D eigenvalue weighted by Gasteiger charge is -2.46. The maximum Gasteiger partial charge on any atom is 0.0307 e. The molecule has 1 fully saturated rings. The number of nitrogens with zero attached hydrogens (tertiary/aromatic N) is 1. The molecule has 100 valence electrons. The van der Waals surface area contributed by atoms with Gasteiger partial charge in [-0.2, -0.15) is 0 Å². The van der Waals surface area contributed by atoms with E-state index in [0.717, 1.165) is 18.9 Å². The lowest BCUT2D eigenvalue weighted by Crippen LogP contribution is -2.52. The number of hydrogen-bond donors (Lipinski definition) is 1. The monoisotopic (exact) mass is 246 g/mol. The zero-order valence-electron chi connectivity index (χ0n) is 11.9. The van der Waals surface area contributed by atoms with Crippen LogP contribution >= 0.6 is 0 Å². The molecular weight excluding hydrogens is 220 g/mol. The SMILES string of the molecule is CC(C)(C)C1CN(CCC(N)c2ccccc2)C1. The van der Waals surface area contributed by atoms with Crippen LogP contribution in [-0.2, 0) is 0 Å². The van der Waals surface area contributed by atoms with Crippen LogP contribution in [0.5, 0.6) is 0 Å². The van der Waals surface area contributed by atoms with Gasteiger partial charge in [0, 0.05) is 19.1 Å². The van der Waals surface area contributed by atoms with E-state index in [0.29, 0.717) is 5.41 Å². The highest BCUT2D eigenvalue weighted by molar-refractivity contribution is 5.18. The first-order valence-corrected chi connectivity index (χ1v) is 6.99. The smallest absolute Gasteiger partial charge is 0.0307 e. The minimum Gasteiger partial charge on any atom is -0.324 e. The molecule has 1 aliphatic rings. The van der Waals surface area contributed by atoms with Gasteiger partial charge in [0.05, 0.1) is 0 Å². The van der Waals surface area contributed by atoms with Crippen LogP contribution in [0.1, 0.15) is 38.8 Å². The van der Waals surface area contributed by atoms with Crippen molar-refractivity contribution in [2.24, 2.45) is 17.1 Å². The van der Waals surface area contributed by atoms with Gasteiger partial charge in [0.25, 0.3) is 0 Å². The summed E-state index contributed by atoms with van der Waals surface area (Å²) < 4.78 is 0. The Morgan fingerprint density at radius 3 is 2.39 bits per heavy atom. The van der Waals surface area contributed by atoms with Crippen LogP contribution in [0.2, 0.25) is 0 Å². The summed E-state index contributed by atoms with van der Waals surface area (Å²) in [6, 6.07) is 10.6. The van der Waals surface area contributed by atoms with Gasteiger partial charge >= 0.3 is 0 Å². The van der Waals surface area contributed by atoms with E-state index in [1.807, 2.05) is 6.07 Å². The van der Waals surface area contributed by atoms with Crippen LogP contribution in [0.4, 0.5) is 0 Å². The molecule has 2 nitrogen and oxygen atoms in total. The Labute approximate surface area is 111 Å². The second-order valence-electron chi connectivity index (χ2n) is 6.63. The Morgan fingerprint density at radius 1 is 1.22 bits per heavy atom. The fraction of sp³-hybridized carbons (Fsp3) is 0.625. The lowest BCUT2D eigenvalue weighted by atomic mass is 9.76. The molecule has 0 bridgehead atoms. The molecule has 1 aliphatic heterocycles. The molecule has 1 aromatic carbocycles. The van der Waals surface area contributed by atoms with Crippen molar-refractivity contribution in [1.29, 1.82) is 0 Å². The quantitative estimate of drug-likeness (QED) is 0.884. The molecule has 0 aliphatic carbocycles. The summed E-state index contributed by atoms with van der Waals surface area (Å²) in [7, 11) is 0. The largest absolute Gasteiger partial charge is 0.324 e. The first-order chi connectivity index (χ1) is 8.47. The van der Waals surface area contributed by atoms with E-state index in [9.17, 15) is 0 Å². The molecular formula is C16H26N2. The molecule has 1 heterocycles. The normalized spacial score (nSPS) is 19.6. The predicted octanol–water partition coefficient (Wildman–Crippen LogP) is 3.05. The molecule has 0 radical (unpaired) electrons. The third-order valence-electron chi connectivity index (χ3n) is 4.17. The van der Waals surface area contributed by atoms with Gasteiger partial charge < -0.3 is 10.6 Å². The molecule has 1 aromatic rings. The summed E-state index contributed by atoms with van der Waals surface area (Å²) in [5.74, 6) is 0.852. The molecule has 2 heteroatoms. The average Bonchev–Trinajstić information content (AvgIpc) is 2.26. The molecule has 0 spiro atoms. The fourth-order valence-electron chi connectivity index (χ4n) is 2.49. The van der Waals surface area contributed by atoms with E-state index in [4.69, 9.17) is 5.73 Å². The van der Waals surface area contributed by atoms with E-state index in [1.165, 1.54) is 18.7 Å². The van der Waals surface area contributed by atoms with Crippen LogP contribution in [0.3, 0.4) is 0 Å². The van der Waals surface area contributed by atoms with Gasteiger partial charge in [0.2, 0.25) is 0 Å². The van der Waals surface area contributed by atoms with Crippen LogP contribution in [0.25, 0.3) is 0 Å². The van der Waals surface area contributed by atoms with Gasteiger partial charge in [-0.25, -0.2) is 0 Å². The molecule has 2 rings (SSSR count). The molecule has 0 aromatic heterocycles. The van der Waals surface area contributed by atoms with E-state index in [-0.39, 0.29) is 6.04 Å². The van der Waals surface area contributed by atoms with Crippen LogP contribution in [0.15, 0.2) is 30.3 Å². The van der Waals surface area contributed by atoms with Crippen molar-refractivity contribution in [3.63, 3.8) is 0 Å². The Kier molecular flexibility index (Phi) is 4.08. The van der Waals surface area contributed by atoms with Gasteiger partial charge in [-0.1, -0.05) is 51.1 Å². The summed E-state index contributed by atoms with van der Waals surface area (Å²) in [4.78, 5) is 2.53. The molecule has 18 heavy (non-hydrogen) atoms. The Morgan fingerprint density at radius 2 is 1.83 bits per heavy atom. The number of likely N-dealkylation sites (tertiary alicyclic amines) is 1. The van der Waals surface area contributed by atoms with Crippen LogP contribution < -0.4 is 5.73 Å². The van der Waals surface area contributed by atoms with Crippen molar-refractivity contribution in [3.05, 3.63) is 35.9 Å². The average molecular weight is 246 g/mol. The molecule has 1 atom stereocenters. The first-order valence-electron chi connectivity index (χ1n) is 6.99. The van der Waals surface area contributed by atoms with Crippen molar-refractivity contribution in [1.82, 2.24) is 4.90 Å². The highest BCUT2D eigenvalue weighted by atomic mass is 15.2. The van der Waals surface area contributed by atoms with E-state index in [2.05, 4.69) is 49.9 Å². The van der Waals surface area contributed by atoms with E-state index in [1.54, 1.807) is 0 Å². The van der Waals surface area contributed by atoms with Gasteiger partial charge in [0.1, 0.15) is 0 Å². The Balaban J connectivity index is 1.71. The third kappa shape index (κ3) is 3.33. The second-order valence-corrected chi connectivity index (χ2v) is 6.63. The highest BCUT2D eigenvalue weighted by Crippen LogP contribution is 2.33. The van der Waals surface area contributed by atoms with Gasteiger partial charge in [0.15, 0.2) is 0 Å². The molecule has 0 saturated carbocycles. The number of hydrogen-bond acceptors (Lipinski definition) is 2. The lowest BCUT2D eigenvalue weighted by molar-refractivity contribution is 0.0231. The zero-order chi connectivity index (χ0) is 13.2. The summed E-state index contributed by atoms with van der Waals surface area (Å²) in [6.07, 6.45) is 1.06. The van der Waals surface area contributed by atoms with Crippen molar-refractivity contribution in [3.8, 4) is 0 Å². The number of nitrogens with two attached hydrogens (primary N) is 1. The van der Waals surface area contributed by atoms with Gasteiger partial charge in [-0.15, -0.1) is 0 Å². The maximum absolute atomic E-state index is 6.22. The number of rotatable bonds is 4. The molecule has 2 N–H and O–H groups in total. The van der Waals surface area contributed by atoms with Gasteiger partial charge in [-0.3, -0.25) is 0 Å². The summed E-state index contributed by atoms with van der Waals surface area (Å²) in [5, 5.41) is 0. The van der Waals surface area contributed by atoms with Gasteiger partial charge in [-0.05, 0) is 29.9 Å². The van der Waals surface area contributed by atoms with Crippen molar-refractivity contribution in [2.45, 2.75) is 33.2 Å². The minimum atomic E-state index is 0.180. The van der Waals surface area contributed by atoms with Crippen molar-refractivity contribution < 1.29 is 0 Å². The van der Waals surface area contributed by atoms with E-state index < -0.39 is 0 Å². The standard InChI is InChI=1S/C16H26N2/c1-16(2,3)14-11-18(12-14)10-9-15(17)13-7-5-4-6-8-13/h4-8,14-15H,9-12,17H2,1-3H3. The molecule has 1 saturated heterocycles. The topological polar surface area (TPSA) is 29.3 Å². The van der Waals surface area contributed by atoms with Crippen LogP contribution in [0, 0.1) is 11.3 Å². The fourth-order valence-corrected chi connectivity index (χ4v) is 2.49. The highest BCUT2D eigenvalue weighted by Gasteiger charge is 2.35. The predicted molar refractivity (Wildman–Crippen MR) is 77.4 cm³/mol. The van der Waals surface area contributed by atoms with Crippen molar-refractivity contribution >= 4 is 0 Å². The maximum atomic E-state index is 6.22. The number of benzene rings is 1. The zero-order valence-corrected chi connectivity index (χ0v) is 11.9. The molecule has 1 unspecified atom stereocenters. The third-order valence-corrected chi connectivity index (χ3v) is 4.17. The summed E-state index contributed by atoms with van der Waals surface area (Å²) >= 11 is 0. The Bertz CT molecular complexity index is 360.